The van der Waals surface area contributed by atoms with E-state index < -0.39 is 47.0 Å². The lowest BCUT2D eigenvalue weighted by Gasteiger charge is -2.11. The van der Waals surface area contributed by atoms with Crippen LogP contribution in [0.3, 0.4) is 0 Å². The summed E-state index contributed by atoms with van der Waals surface area (Å²) in [5.74, 6) is -4.80. The van der Waals surface area contributed by atoms with Crippen LogP contribution in [0, 0.1) is 11.6 Å². The van der Waals surface area contributed by atoms with Crippen LogP contribution in [-0.2, 0) is 29.9 Å². The van der Waals surface area contributed by atoms with Gasteiger partial charge in [0.05, 0.1) is 22.9 Å². The zero-order chi connectivity index (χ0) is 24.5. The minimum atomic E-state index is -5.23. The maximum Gasteiger partial charge on any atom is 0.422 e. The predicted molar refractivity (Wildman–Crippen MR) is 112 cm³/mol. The molecule has 3 aromatic rings. The number of thiazole rings is 1. The van der Waals surface area contributed by atoms with Crippen LogP contribution in [-0.4, -0.2) is 31.8 Å². The first-order valence-electron chi connectivity index (χ1n) is 9.07. The summed E-state index contributed by atoms with van der Waals surface area (Å²) in [5, 5.41) is 3.99. The first-order valence-corrected chi connectivity index (χ1v) is 10.9. The molecule has 0 radical (unpaired) electrons. The van der Waals surface area contributed by atoms with Crippen molar-refractivity contribution >= 4 is 39.9 Å². The van der Waals surface area contributed by atoms with Gasteiger partial charge in [0, 0.05) is 31.1 Å². The highest BCUT2D eigenvalue weighted by molar-refractivity contribution is 7.99. The number of benzene rings is 1. The van der Waals surface area contributed by atoms with Gasteiger partial charge in [0.25, 0.3) is 5.56 Å². The molecule has 0 saturated carbocycles. The summed E-state index contributed by atoms with van der Waals surface area (Å²) in [6.07, 6.45) is -5.74. The lowest BCUT2D eigenvalue weighted by atomic mass is 10.1. The third kappa shape index (κ3) is 5.50. The maximum atomic E-state index is 14.3. The van der Waals surface area contributed by atoms with Gasteiger partial charge in [0.1, 0.15) is 17.2 Å². The molecule has 33 heavy (non-hydrogen) atoms. The van der Waals surface area contributed by atoms with Gasteiger partial charge in [-0.15, -0.1) is 11.3 Å². The number of ketones is 1. The fourth-order valence-electron chi connectivity index (χ4n) is 2.74. The number of carbonyl (C=O) groups is 2. The highest BCUT2D eigenvalue weighted by Gasteiger charge is 2.39. The Labute approximate surface area is 191 Å². The van der Waals surface area contributed by atoms with Crippen LogP contribution < -0.4 is 10.9 Å². The number of thioether (sulfide) groups is 1. The van der Waals surface area contributed by atoms with Crippen molar-refractivity contribution in [2.75, 3.05) is 11.1 Å². The Morgan fingerprint density at radius 3 is 2.48 bits per heavy atom. The summed E-state index contributed by atoms with van der Waals surface area (Å²) in [7, 11) is 3.20. The second-order valence-electron chi connectivity index (χ2n) is 6.74. The average Bonchev–Trinajstić information content (AvgIpc) is 3.25. The van der Waals surface area contributed by atoms with Crippen molar-refractivity contribution in [2.24, 2.45) is 14.1 Å². The van der Waals surface area contributed by atoms with Crippen molar-refractivity contribution in [2.45, 2.75) is 17.6 Å². The molecule has 1 aromatic carbocycles. The summed E-state index contributed by atoms with van der Waals surface area (Å²) >= 11 is 1.88. The molecule has 2 heterocycles. The van der Waals surface area contributed by atoms with Crippen LogP contribution in [0.15, 0.2) is 33.4 Å². The number of aromatic nitrogens is 3. The molecule has 0 atom stereocenters. The SMILES string of the molecule is Cn1c(SCC(=O)CC(=O)Nc2nc(-c3ccc(F)c(C(F)(F)F)c3F)cs2)cc(=O)n1C. The van der Waals surface area contributed by atoms with E-state index in [0.29, 0.717) is 11.1 Å². The number of nitrogens with zero attached hydrogens (tertiary/aromatic N) is 3. The van der Waals surface area contributed by atoms with Crippen LogP contribution in [0.5, 0.6) is 0 Å². The molecule has 14 heteroatoms. The smallest absolute Gasteiger partial charge is 0.302 e. The lowest BCUT2D eigenvalue weighted by Crippen LogP contribution is -2.18. The fourth-order valence-corrected chi connectivity index (χ4v) is 4.37. The lowest BCUT2D eigenvalue weighted by molar-refractivity contribution is -0.142. The number of nitrogens with one attached hydrogen (secondary N) is 1. The van der Waals surface area contributed by atoms with Crippen molar-refractivity contribution in [3.8, 4) is 11.3 Å². The van der Waals surface area contributed by atoms with Gasteiger partial charge < -0.3 is 5.32 Å². The zero-order valence-corrected chi connectivity index (χ0v) is 18.6. The molecule has 0 aliphatic heterocycles. The van der Waals surface area contributed by atoms with E-state index in [1.165, 1.54) is 16.1 Å². The van der Waals surface area contributed by atoms with Crippen LogP contribution >= 0.6 is 23.1 Å². The van der Waals surface area contributed by atoms with Gasteiger partial charge in [-0.2, -0.15) is 13.2 Å². The van der Waals surface area contributed by atoms with E-state index in [-0.39, 0.29) is 22.1 Å². The number of carbonyl (C=O) groups excluding carboxylic acids is 2. The number of rotatable bonds is 7. The Balaban J connectivity index is 1.64. The van der Waals surface area contributed by atoms with Gasteiger partial charge in [-0.3, -0.25) is 23.7 Å². The minimum Gasteiger partial charge on any atom is -0.302 e. The standard InChI is InChI=1S/C19H15F5N4O3S2/c1-27-14(31)6-15(28(27)2)32-7-9(29)5-13(30)26-18-25-12(8-33-18)10-3-4-11(20)16(17(10)21)19(22,23)24/h3-4,6,8H,5,7H2,1-2H3,(H,25,26,30). The number of hydrogen-bond acceptors (Lipinski definition) is 6. The summed E-state index contributed by atoms with van der Waals surface area (Å²) in [6, 6.07) is 2.66. The second kappa shape index (κ2) is 9.47. The molecule has 0 fully saturated rings. The molecule has 1 amide bonds. The molecular weight excluding hydrogens is 491 g/mol. The van der Waals surface area contributed by atoms with Gasteiger partial charge in [-0.05, 0) is 12.1 Å². The first kappa shape index (κ1) is 24.6. The van der Waals surface area contributed by atoms with Crippen molar-refractivity contribution in [1.82, 2.24) is 14.3 Å². The molecule has 176 valence electrons. The Morgan fingerprint density at radius 1 is 1.18 bits per heavy atom. The van der Waals surface area contributed by atoms with Crippen molar-refractivity contribution in [3.63, 3.8) is 0 Å². The summed E-state index contributed by atoms with van der Waals surface area (Å²) in [4.78, 5) is 39.6. The summed E-state index contributed by atoms with van der Waals surface area (Å²) in [5.41, 5.74) is -3.09. The van der Waals surface area contributed by atoms with Gasteiger partial charge >= 0.3 is 6.18 Å². The second-order valence-corrected chi connectivity index (χ2v) is 8.59. The topological polar surface area (TPSA) is 86.0 Å². The maximum absolute atomic E-state index is 14.3. The molecule has 0 bridgehead atoms. The molecule has 0 aliphatic carbocycles. The fraction of sp³-hybridized carbons (Fsp3) is 0.263. The zero-order valence-electron chi connectivity index (χ0n) is 17.0. The quantitative estimate of drug-likeness (QED) is 0.299. The minimum absolute atomic E-state index is 0.0711. The molecule has 7 nitrogen and oxygen atoms in total. The van der Waals surface area contributed by atoms with E-state index in [0.717, 1.165) is 29.2 Å². The number of anilines is 1. The molecule has 0 aliphatic rings. The van der Waals surface area contributed by atoms with Crippen LogP contribution in [0.1, 0.15) is 12.0 Å². The van der Waals surface area contributed by atoms with E-state index in [1.807, 2.05) is 0 Å². The molecular formula is C19H15F5N4O3S2. The molecule has 0 saturated heterocycles. The Bertz CT molecular complexity index is 1280. The third-order valence-electron chi connectivity index (χ3n) is 4.47. The normalized spacial score (nSPS) is 11.6. The van der Waals surface area contributed by atoms with E-state index >= 15 is 0 Å². The number of alkyl halides is 3. The van der Waals surface area contributed by atoms with Crippen molar-refractivity contribution in [1.29, 1.82) is 0 Å². The Hall–Kier alpha value is -3.00. The Morgan fingerprint density at radius 2 is 1.88 bits per heavy atom. The largest absolute Gasteiger partial charge is 0.422 e. The highest BCUT2D eigenvalue weighted by atomic mass is 32.2. The molecule has 3 rings (SSSR count). The van der Waals surface area contributed by atoms with Crippen LogP contribution in [0.25, 0.3) is 11.3 Å². The van der Waals surface area contributed by atoms with Gasteiger partial charge in [0.15, 0.2) is 10.9 Å². The summed E-state index contributed by atoms with van der Waals surface area (Å²) in [6.45, 7) is 0. The van der Waals surface area contributed by atoms with Crippen LogP contribution in [0.2, 0.25) is 0 Å². The van der Waals surface area contributed by atoms with Crippen molar-refractivity contribution in [3.05, 3.63) is 51.1 Å². The molecule has 0 unspecified atom stereocenters. The van der Waals surface area contributed by atoms with Crippen LogP contribution in [0.4, 0.5) is 27.1 Å². The predicted octanol–water partition coefficient (Wildman–Crippen LogP) is 3.83. The molecule has 0 spiro atoms. The summed E-state index contributed by atoms with van der Waals surface area (Å²) < 4.78 is 69.4. The molecule has 2 aromatic heterocycles. The number of halogens is 5. The van der Waals surface area contributed by atoms with E-state index in [2.05, 4.69) is 10.3 Å². The third-order valence-corrected chi connectivity index (χ3v) is 6.38. The first-order chi connectivity index (χ1) is 15.4. The van der Waals surface area contributed by atoms with Gasteiger partial charge in [-0.25, -0.2) is 13.8 Å². The Kier molecular flexibility index (Phi) is 7.07. The van der Waals surface area contributed by atoms with E-state index in [4.69, 9.17) is 0 Å². The number of hydrogen-bond donors (Lipinski definition) is 1. The molecule has 1 N–H and O–H groups in total. The van der Waals surface area contributed by atoms with Gasteiger partial charge in [-0.1, -0.05) is 11.8 Å². The monoisotopic (exact) mass is 506 g/mol. The number of amides is 1. The average molecular weight is 506 g/mol. The van der Waals surface area contributed by atoms with E-state index in [9.17, 15) is 36.3 Å². The van der Waals surface area contributed by atoms with E-state index in [1.54, 1.807) is 18.8 Å². The number of Topliss-reactive ketones (excluding diaryl/α,β-unsaturated/α-hetero) is 1. The van der Waals surface area contributed by atoms with Gasteiger partial charge in [0.2, 0.25) is 5.91 Å². The van der Waals surface area contributed by atoms with Crippen molar-refractivity contribution < 1.29 is 31.5 Å². The highest BCUT2D eigenvalue weighted by Crippen LogP contribution is 2.38.